The van der Waals surface area contributed by atoms with Crippen LogP contribution in [0.4, 0.5) is 28.4 Å². The molecule has 0 spiro atoms. The maximum atomic E-state index is 15.4. The van der Waals surface area contributed by atoms with E-state index >= 15 is 4.79 Å². The molecule has 2 aliphatic carbocycles. The Hall–Kier alpha value is -7.16. The predicted octanol–water partition coefficient (Wildman–Crippen LogP) is 6.50. The first-order valence-electron chi connectivity index (χ1n) is 19.1. The third-order valence-corrected chi connectivity index (χ3v) is 12.4. The number of benzene rings is 4. The van der Waals surface area contributed by atoms with Crippen molar-refractivity contribution in [3.05, 3.63) is 152 Å². The van der Waals surface area contributed by atoms with Crippen molar-refractivity contribution in [1.29, 1.82) is 0 Å². The highest BCUT2D eigenvalue weighted by molar-refractivity contribution is 6.23. The molecule has 4 aromatic rings. The van der Waals surface area contributed by atoms with Gasteiger partial charge in [0.05, 0.1) is 44.4 Å². The van der Waals surface area contributed by atoms with Gasteiger partial charge in [0.1, 0.15) is 5.75 Å². The first-order valence-corrected chi connectivity index (χ1v) is 19.1. The molecular weight excluding hydrogens is 757 g/mol. The number of carbonyl (C=O) groups excluding carboxylic acids is 4. The number of anilines is 3. The van der Waals surface area contributed by atoms with Crippen molar-refractivity contribution in [2.45, 2.75) is 37.5 Å². The third-order valence-electron chi connectivity index (χ3n) is 12.4. The van der Waals surface area contributed by atoms with Gasteiger partial charge in [0, 0.05) is 37.7 Å². The third kappa shape index (κ3) is 5.78. The van der Waals surface area contributed by atoms with Gasteiger partial charge in [0.2, 0.25) is 11.8 Å². The van der Waals surface area contributed by atoms with Crippen LogP contribution in [0.25, 0.3) is 0 Å². The summed E-state index contributed by atoms with van der Waals surface area (Å²) in [4.78, 5) is 84.6. The summed E-state index contributed by atoms with van der Waals surface area (Å²) in [7, 11) is 2.82. The number of nitro groups is 2. The number of phenols is 1. The number of nitrogens with zero attached hydrogens (tertiary/aromatic N) is 5. The molecule has 6 atom stereocenters. The largest absolute Gasteiger partial charge is 0.507 e. The van der Waals surface area contributed by atoms with Gasteiger partial charge in [-0.1, -0.05) is 84.0 Å². The number of hydrogen-bond acceptors (Lipinski definition) is 11. The zero-order chi connectivity index (χ0) is 42.1. The molecule has 6 unspecified atom stereocenters. The molecule has 15 heteroatoms. The van der Waals surface area contributed by atoms with Crippen LogP contribution < -0.4 is 15.2 Å². The fourth-order valence-corrected chi connectivity index (χ4v) is 9.97. The quantitative estimate of drug-likeness (QED) is 0.0769. The summed E-state index contributed by atoms with van der Waals surface area (Å²) in [5, 5.41) is 37.6. The lowest BCUT2D eigenvalue weighted by Gasteiger charge is -2.50. The van der Waals surface area contributed by atoms with Crippen LogP contribution in [0.5, 0.6) is 5.75 Å². The Balaban J connectivity index is 1.32. The smallest absolute Gasteiger partial charge is 0.301 e. The van der Waals surface area contributed by atoms with Crippen molar-refractivity contribution in [2.75, 3.05) is 29.3 Å². The minimum atomic E-state index is -1.63. The number of hydrogen-bond donors (Lipinski definition) is 2. The van der Waals surface area contributed by atoms with E-state index in [-0.39, 0.29) is 30.0 Å². The van der Waals surface area contributed by atoms with Crippen LogP contribution in [0.2, 0.25) is 0 Å². The van der Waals surface area contributed by atoms with E-state index in [0.29, 0.717) is 34.4 Å². The summed E-state index contributed by atoms with van der Waals surface area (Å²) >= 11 is 0. The molecule has 0 bridgehead atoms. The highest BCUT2D eigenvalue weighted by Crippen LogP contribution is 2.65. The molecular formula is C44H40N6O9. The molecule has 2 heterocycles. The number of fused-ring (bicyclic) bond motifs is 4. The van der Waals surface area contributed by atoms with Crippen LogP contribution in [0.3, 0.4) is 0 Å². The van der Waals surface area contributed by atoms with E-state index in [9.17, 15) is 39.7 Å². The zero-order valence-corrected chi connectivity index (χ0v) is 32.4. The molecule has 4 aromatic carbocycles. The van der Waals surface area contributed by atoms with Crippen LogP contribution in [-0.2, 0) is 31.0 Å². The molecule has 4 amide bonds. The number of amides is 4. The summed E-state index contributed by atoms with van der Waals surface area (Å²) in [5.74, 6) is -7.70. The predicted molar refractivity (Wildman–Crippen MR) is 217 cm³/mol. The summed E-state index contributed by atoms with van der Waals surface area (Å²) in [5.41, 5.74) is 2.90. The number of aromatic hydroxyl groups is 1. The second-order valence-electron chi connectivity index (χ2n) is 15.7. The molecule has 1 saturated carbocycles. The molecule has 0 radical (unpaired) electrons. The lowest BCUT2D eigenvalue weighted by Crippen LogP contribution is -2.53. The number of nitro benzene ring substituents is 2. The molecule has 0 aromatic heterocycles. The normalized spacial score (nSPS) is 24.6. The topological polar surface area (TPSA) is 197 Å². The molecule has 4 aliphatic rings. The minimum absolute atomic E-state index is 0.0180. The summed E-state index contributed by atoms with van der Waals surface area (Å²) in [6, 6.07) is 23.2. The zero-order valence-electron chi connectivity index (χ0n) is 32.4. The minimum Gasteiger partial charge on any atom is -0.507 e. The molecule has 2 aliphatic heterocycles. The number of para-hydroxylation sites is 1. The highest BCUT2D eigenvalue weighted by Gasteiger charge is 2.70. The van der Waals surface area contributed by atoms with Crippen LogP contribution >= 0.6 is 0 Å². The Bertz CT molecular complexity index is 2480. The SMILES string of the molecule is C=CCc1cccc(C2C3=CCC4C(=O)N(c5cc([N+](=O)[O-])c(N(C)C)c([N+](=O)[O-])c5)C(=O)C4C3CC3C(=O)N(Nc4ccc(C)cc4)C(=O)C32c2ccccc2)c1O. The van der Waals surface area contributed by atoms with Crippen molar-refractivity contribution < 1.29 is 34.1 Å². The number of carbonyl (C=O) groups is 4. The van der Waals surface area contributed by atoms with Gasteiger partial charge in [-0.05, 0) is 55.4 Å². The van der Waals surface area contributed by atoms with Crippen molar-refractivity contribution >= 4 is 52.1 Å². The van der Waals surface area contributed by atoms with E-state index in [1.807, 2.05) is 25.1 Å². The molecule has 2 N–H and O–H groups in total. The van der Waals surface area contributed by atoms with Gasteiger partial charge in [-0.15, -0.1) is 6.58 Å². The van der Waals surface area contributed by atoms with E-state index in [4.69, 9.17) is 0 Å². The number of nitrogens with one attached hydrogen (secondary N) is 1. The second kappa shape index (κ2) is 14.3. The number of allylic oxidation sites excluding steroid dienone is 3. The number of imide groups is 2. The van der Waals surface area contributed by atoms with Crippen LogP contribution in [0.15, 0.2) is 109 Å². The van der Waals surface area contributed by atoms with Crippen molar-refractivity contribution in [2.24, 2.45) is 23.7 Å². The first-order chi connectivity index (χ1) is 28.2. The summed E-state index contributed by atoms with van der Waals surface area (Å²) < 4.78 is 0. The summed E-state index contributed by atoms with van der Waals surface area (Å²) in [6.07, 6.45) is 3.72. The second-order valence-corrected chi connectivity index (χ2v) is 15.7. The lowest BCUT2D eigenvalue weighted by molar-refractivity contribution is -0.392. The molecule has 300 valence electrons. The maximum absolute atomic E-state index is 15.4. The molecule has 2 saturated heterocycles. The van der Waals surface area contributed by atoms with E-state index in [2.05, 4.69) is 12.0 Å². The Morgan fingerprint density at radius 3 is 2.17 bits per heavy atom. The van der Waals surface area contributed by atoms with E-state index < -0.39 is 79.9 Å². The van der Waals surface area contributed by atoms with Gasteiger partial charge in [-0.3, -0.25) is 44.8 Å². The number of hydrazine groups is 1. The van der Waals surface area contributed by atoms with E-state index in [1.54, 1.807) is 66.7 Å². The Morgan fingerprint density at radius 1 is 0.898 bits per heavy atom. The summed E-state index contributed by atoms with van der Waals surface area (Å²) in [6.45, 7) is 5.75. The number of phenolic OH excluding ortho intramolecular Hbond substituents is 1. The van der Waals surface area contributed by atoms with E-state index in [0.717, 1.165) is 27.6 Å². The molecule has 3 fully saturated rings. The number of aryl methyl sites for hydroxylation is 1. The fraction of sp³-hybridized carbons (Fsp3) is 0.273. The van der Waals surface area contributed by atoms with Crippen molar-refractivity contribution in [1.82, 2.24) is 5.01 Å². The number of rotatable bonds is 10. The molecule has 8 rings (SSSR count). The highest BCUT2D eigenvalue weighted by atomic mass is 16.6. The van der Waals surface area contributed by atoms with Gasteiger partial charge in [-0.25, -0.2) is 4.90 Å². The molecule has 59 heavy (non-hydrogen) atoms. The van der Waals surface area contributed by atoms with Gasteiger partial charge in [0.15, 0.2) is 5.69 Å². The maximum Gasteiger partial charge on any atom is 0.301 e. The van der Waals surface area contributed by atoms with Gasteiger partial charge < -0.3 is 10.0 Å². The van der Waals surface area contributed by atoms with Gasteiger partial charge in [-0.2, -0.15) is 5.01 Å². The van der Waals surface area contributed by atoms with Gasteiger partial charge >= 0.3 is 11.4 Å². The molecule has 15 nitrogen and oxygen atoms in total. The Morgan fingerprint density at radius 2 is 1.56 bits per heavy atom. The van der Waals surface area contributed by atoms with Crippen molar-refractivity contribution in [3.63, 3.8) is 0 Å². The Labute approximate surface area is 338 Å². The first kappa shape index (κ1) is 38.7. The average molecular weight is 797 g/mol. The van der Waals surface area contributed by atoms with E-state index in [1.165, 1.54) is 19.0 Å². The van der Waals surface area contributed by atoms with Crippen LogP contribution in [0, 0.1) is 50.8 Å². The standard InChI is InChI=1S/C44H40N6O9/c1-5-10-25-11-9-14-31(39(25)51)37-29-19-20-30-36(42(54)47(40(30)52)28-21-34(49(56)57)38(46(3)4)35(22-28)50(58)59)32(29)23-33-41(53)48(45-27-17-15-24(2)16-18-27)43(55)44(33,37)26-12-7-6-8-13-26/h5-9,11-19,21-22,30,32-33,36-37,45,51H,1,10,20,23H2,2-4H3. The lowest BCUT2D eigenvalue weighted by atomic mass is 9.49. The Kier molecular flexibility index (Phi) is 9.41. The fourth-order valence-electron chi connectivity index (χ4n) is 9.97. The van der Waals surface area contributed by atoms with Crippen LogP contribution in [-0.4, -0.2) is 57.7 Å². The monoisotopic (exact) mass is 796 g/mol. The average Bonchev–Trinajstić information content (AvgIpc) is 3.60. The van der Waals surface area contributed by atoms with Crippen LogP contribution in [0.1, 0.15) is 41.0 Å². The van der Waals surface area contributed by atoms with Crippen molar-refractivity contribution in [3.8, 4) is 5.75 Å². The van der Waals surface area contributed by atoms with Gasteiger partial charge in [0.25, 0.3) is 11.8 Å².